The van der Waals surface area contributed by atoms with E-state index in [0.717, 1.165) is 22.7 Å². The maximum Gasteiger partial charge on any atom is 0.0541 e. The van der Waals surface area contributed by atoms with Gasteiger partial charge in [-0.1, -0.05) is 146 Å². The average molecular weight is 745 g/mol. The lowest BCUT2D eigenvalue weighted by Gasteiger charge is -2.26. The summed E-state index contributed by atoms with van der Waals surface area (Å²) in [6.07, 6.45) is 0. The van der Waals surface area contributed by atoms with Crippen molar-refractivity contribution in [2.45, 2.75) is 0 Å². The molecule has 0 amide bonds. The number of aromatic nitrogens is 1. The second-order valence-corrected chi connectivity index (χ2v) is 15.7. The van der Waals surface area contributed by atoms with Crippen molar-refractivity contribution in [1.82, 2.24) is 4.57 Å². The molecule has 0 atom stereocenters. The van der Waals surface area contributed by atoms with Gasteiger partial charge in [-0.15, -0.1) is 11.3 Å². The van der Waals surface area contributed by atoms with Crippen LogP contribution in [-0.4, -0.2) is 4.57 Å². The van der Waals surface area contributed by atoms with Crippen molar-refractivity contribution in [1.29, 1.82) is 0 Å². The number of thiophene rings is 1. The highest BCUT2D eigenvalue weighted by atomic mass is 32.1. The first-order valence-corrected chi connectivity index (χ1v) is 20.2. The minimum atomic E-state index is 1.11. The van der Waals surface area contributed by atoms with Gasteiger partial charge in [-0.05, 0) is 106 Å². The molecule has 0 aliphatic heterocycles. The molecule has 11 rings (SSSR count). The molecule has 2 nitrogen and oxygen atoms in total. The van der Waals surface area contributed by atoms with Crippen LogP contribution in [0.3, 0.4) is 0 Å². The van der Waals surface area contributed by atoms with Crippen LogP contribution in [0.1, 0.15) is 0 Å². The van der Waals surface area contributed by atoms with Crippen molar-refractivity contribution >= 4 is 70.4 Å². The van der Waals surface area contributed by atoms with Crippen LogP contribution in [0.15, 0.2) is 218 Å². The molecule has 57 heavy (non-hydrogen) atoms. The summed E-state index contributed by atoms with van der Waals surface area (Å²) in [6.45, 7) is 0. The van der Waals surface area contributed by atoms with Gasteiger partial charge in [0, 0.05) is 53.7 Å². The van der Waals surface area contributed by atoms with E-state index >= 15 is 0 Å². The van der Waals surface area contributed by atoms with Crippen LogP contribution in [0.5, 0.6) is 0 Å². The fourth-order valence-corrected chi connectivity index (χ4v) is 9.56. The van der Waals surface area contributed by atoms with Gasteiger partial charge in [0.05, 0.1) is 11.0 Å². The molecule has 2 aromatic heterocycles. The zero-order valence-electron chi connectivity index (χ0n) is 31.1. The number of anilines is 3. The number of nitrogens with zero attached hydrogens (tertiary/aromatic N) is 2. The standard InChI is InChI=1S/C54H36N2S/c1-3-12-37(13-4-1)39-22-27-43(28-23-39)55(46-31-32-49-48-19-8-10-21-53(48)57-54(49)36-46)45-17-11-16-41(34-45)42-26-33-52-50(35-42)47-18-7-9-20-51(47)56(52)44-29-24-40(25-30-44)38-14-5-2-6-15-38/h1-36H. The van der Waals surface area contributed by atoms with Crippen LogP contribution in [0.4, 0.5) is 17.1 Å². The lowest BCUT2D eigenvalue weighted by Crippen LogP contribution is -2.09. The molecule has 0 fully saturated rings. The Balaban J connectivity index is 1.02. The SMILES string of the molecule is c1ccc(-c2ccc(N(c3cccc(-c4ccc5c(c4)c4ccccc4n5-c4ccc(-c5ccccc5)cc4)c3)c3ccc4c(c3)sc3ccccc34)cc2)cc1. The number of para-hydroxylation sites is 1. The number of hydrogen-bond acceptors (Lipinski definition) is 2. The molecule has 0 aliphatic rings. The van der Waals surface area contributed by atoms with E-state index < -0.39 is 0 Å². The highest BCUT2D eigenvalue weighted by Gasteiger charge is 2.18. The van der Waals surface area contributed by atoms with Gasteiger partial charge in [-0.3, -0.25) is 0 Å². The summed E-state index contributed by atoms with van der Waals surface area (Å²) in [6, 6.07) is 79.4. The molecular formula is C54H36N2S. The number of rotatable bonds is 7. The first kappa shape index (κ1) is 33.2. The second-order valence-electron chi connectivity index (χ2n) is 14.6. The molecule has 268 valence electrons. The van der Waals surface area contributed by atoms with E-state index in [1.165, 1.54) is 75.4 Å². The van der Waals surface area contributed by atoms with E-state index in [2.05, 4.69) is 228 Å². The Hall–Kier alpha value is -7.20. The van der Waals surface area contributed by atoms with Gasteiger partial charge in [0.2, 0.25) is 0 Å². The molecule has 3 heteroatoms. The molecule has 0 unspecified atom stereocenters. The van der Waals surface area contributed by atoms with Gasteiger partial charge in [0.25, 0.3) is 0 Å². The van der Waals surface area contributed by atoms with Gasteiger partial charge >= 0.3 is 0 Å². The van der Waals surface area contributed by atoms with E-state index in [1.54, 1.807) is 0 Å². The third kappa shape index (κ3) is 5.88. The van der Waals surface area contributed by atoms with Crippen molar-refractivity contribution in [2.75, 3.05) is 4.90 Å². The fourth-order valence-electron chi connectivity index (χ4n) is 8.42. The van der Waals surface area contributed by atoms with Crippen molar-refractivity contribution in [2.24, 2.45) is 0 Å². The zero-order chi connectivity index (χ0) is 37.7. The summed E-state index contributed by atoms with van der Waals surface area (Å²) < 4.78 is 4.99. The average Bonchev–Trinajstić information content (AvgIpc) is 3.83. The topological polar surface area (TPSA) is 8.17 Å². The Kier molecular flexibility index (Phi) is 8.04. The summed E-state index contributed by atoms with van der Waals surface area (Å²) in [7, 11) is 0. The lowest BCUT2D eigenvalue weighted by molar-refractivity contribution is 1.18. The summed E-state index contributed by atoms with van der Waals surface area (Å²) in [4.78, 5) is 2.39. The van der Waals surface area contributed by atoms with Gasteiger partial charge in [-0.2, -0.15) is 0 Å². The molecule has 0 aliphatic carbocycles. The first-order chi connectivity index (χ1) is 28.2. The van der Waals surface area contributed by atoms with Gasteiger partial charge in [-0.25, -0.2) is 0 Å². The number of fused-ring (bicyclic) bond motifs is 6. The maximum atomic E-state index is 2.39. The molecule has 0 spiro atoms. The molecule has 2 heterocycles. The molecule has 11 aromatic rings. The maximum absolute atomic E-state index is 2.39. The summed E-state index contributed by atoms with van der Waals surface area (Å²) in [5.74, 6) is 0. The minimum absolute atomic E-state index is 1.11. The Labute approximate surface area is 335 Å². The fraction of sp³-hybridized carbons (Fsp3) is 0. The number of hydrogen-bond donors (Lipinski definition) is 0. The number of benzene rings is 9. The molecule has 0 radical (unpaired) electrons. The van der Waals surface area contributed by atoms with Gasteiger partial charge < -0.3 is 9.47 Å². The molecule has 0 bridgehead atoms. The van der Waals surface area contributed by atoms with E-state index in [4.69, 9.17) is 0 Å². The Morgan fingerprint density at radius 2 is 0.825 bits per heavy atom. The van der Waals surface area contributed by atoms with Crippen LogP contribution < -0.4 is 4.90 Å². The third-order valence-corrected chi connectivity index (χ3v) is 12.3. The summed E-state index contributed by atoms with van der Waals surface area (Å²) >= 11 is 1.86. The third-order valence-electron chi connectivity index (χ3n) is 11.2. The lowest BCUT2D eigenvalue weighted by atomic mass is 10.0. The minimum Gasteiger partial charge on any atom is -0.310 e. The molecule has 0 saturated heterocycles. The van der Waals surface area contributed by atoms with Crippen molar-refractivity contribution in [3.05, 3.63) is 218 Å². The molecule has 9 aromatic carbocycles. The van der Waals surface area contributed by atoms with E-state index in [9.17, 15) is 0 Å². The van der Waals surface area contributed by atoms with Gasteiger partial charge in [0.1, 0.15) is 0 Å². The van der Waals surface area contributed by atoms with E-state index in [0.29, 0.717) is 0 Å². The second kappa shape index (κ2) is 13.8. The zero-order valence-corrected chi connectivity index (χ0v) is 31.9. The summed E-state index contributed by atoms with van der Waals surface area (Å²) in [5.41, 5.74) is 14.1. The highest BCUT2D eigenvalue weighted by Crippen LogP contribution is 2.42. The quantitative estimate of drug-likeness (QED) is 0.158. The Bertz CT molecular complexity index is 3210. The van der Waals surface area contributed by atoms with Crippen LogP contribution in [-0.2, 0) is 0 Å². The Morgan fingerprint density at radius 1 is 0.298 bits per heavy atom. The van der Waals surface area contributed by atoms with Crippen molar-refractivity contribution in [3.63, 3.8) is 0 Å². The van der Waals surface area contributed by atoms with Crippen LogP contribution >= 0.6 is 11.3 Å². The highest BCUT2D eigenvalue weighted by molar-refractivity contribution is 7.25. The molecule has 0 saturated carbocycles. The smallest absolute Gasteiger partial charge is 0.0541 e. The monoisotopic (exact) mass is 744 g/mol. The van der Waals surface area contributed by atoms with E-state index in [-0.39, 0.29) is 0 Å². The molecule has 0 N–H and O–H groups in total. The summed E-state index contributed by atoms with van der Waals surface area (Å²) in [5, 5.41) is 5.09. The predicted octanol–water partition coefficient (Wildman–Crippen LogP) is 15.6. The largest absolute Gasteiger partial charge is 0.310 e. The predicted molar refractivity (Wildman–Crippen MR) is 245 cm³/mol. The van der Waals surface area contributed by atoms with E-state index in [1.807, 2.05) is 11.3 Å². The van der Waals surface area contributed by atoms with Crippen molar-refractivity contribution in [3.8, 4) is 39.1 Å². The van der Waals surface area contributed by atoms with Crippen LogP contribution in [0.25, 0.3) is 81.0 Å². The van der Waals surface area contributed by atoms with Crippen LogP contribution in [0.2, 0.25) is 0 Å². The van der Waals surface area contributed by atoms with Crippen LogP contribution in [0, 0.1) is 0 Å². The Morgan fingerprint density at radius 3 is 1.58 bits per heavy atom. The normalized spacial score (nSPS) is 11.5. The van der Waals surface area contributed by atoms with Crippen molar-refractivity contribution < 1.29 is 0 Å². The van der Waals surface area contributed by atoms with Gasteiger partial charge in [0.15, 0.2) is 0 Å². The molecular weight excluding hydrogens is 709 g/mol. The first-order valence-electron chi connectivity index (χ1n) is 19.4.